The first-order valence-electron chi connectivity index (χ1n) is 5.81. The standard InChI is InChI=1S/C13H16ClNOS/c1-9(13(16)15-12-6-7-12)17-8-10-2-4-11(14)5-3-10/h2-5,9,12H,6-8H2,1H3,(H,15,16)/t9-/m1/s1. The van der Waals surface area contributed by atoms with E-state index in [2.05, 4.69) is 5.32 Å². The Bertz CT molecular complexity index is 389. The molecular weight excluding hydrogens is 254 g/mol. The lowest BCUT2D eigenvalue weighted by atomic mass is 10.2. The van der Waals surface area contributed by atoms with E-state index in [-0.39, 0.29) is 11.2 Å². The molecule has 1 N–H and O–H groups in total. The van der Waals surface area contributed by atoms with E-state index in [1.165, 1.54) is 5.56 Å². The van der Waals surface area contributed by atoms with Crippen LogP contribution in [0.2, 0.25) is 5.02 Å². The molecule has 0 heterocycles. The molecule has 4 heteroatoms. The van der Waals surface area contributed by atoms with Crippen molar-refractivity contribution in [2.45, 2.75) is 36.8 Å². The maximum absolute atomic E-state index is 11.7. The van der Waals surface area contributed by atoms with Crippen LogP contribution in [0.25, 0.3) is 0 Å². The molecule has 1 aromatic carbocycles. The molecule has 1 saturated carbocycles. The Morgan fingerprint density at radius 2 is 2.12 bits per heavy atom. The van der Waals surface area contributed by atoms with Gasteiger partial charge in [-0.25, -0.2) is 0 Å². The number of hydrogen-bond acceptors (Lipinski definition) is 2. The summed E-state index contributed by atoms with van der Waals surface area (Å²) in [6.45, 7) is 1.96. The lowest BCUT2D eigenvalue weighted by Gasteiger charge is -2.11. The second kappa shape index (κ2) is 5.78. The predicted octanol–water partition coefficient (Wildman–Crippen LogP) is 3.24. The van der Waals surface area contributed by atoms with Gasteiger partial charge in [-0.05, 0) is 37.5 Å². The Kier molecular flexibility index (Phi) is 4.35. The van der Waals surface area contributed by atoms with E-state index >= 15 is 0 Å². The van der Waals surface area contributed by atoms with Gasteiger partial charge in [0.2, 0.25) is 5.91 Å². The number of benzene rings is 1. The first-order valence-corrected chi connectivity index (χ1v) is 7.24. The fourth-order valence-electron chi connectivity index (χ4n) is 1.42. The second-order valence-corrected chi connectivity index (χ2v) is 6.13. The van der Waals surface area contributed by atoms with Crippen LogP contribution in [0.4, 0.5) is 0 Å². The third-order valence-corrected chi connectivity index (χ3v) is 4.17. The molecule has 1 aliphatic carbocycles. The second-order valence-electron chi connectivity index (χ2n) is 4.36. The Labute approximate surface area is 111 Å². The average Bonchev–Trinajstić information content (AvgIpc) is 3.11. The van der Waals surface area contributed by atoms with Gasteiger partial charge in [-0.3, -0.25) is 4.79 Å². The van der Waals surface area contributed by atoms with E-state index in [1.807, 2.05) is 31.2 Å². The molecule has 1 aromatic rings. The topological polar surface area (TPSA) is 29.1 Å². The molecule has 0 saturated heterocycles. The summed E-state index contributed by atoms with van der Waals surface area (Å²) in [5.74, 6) is 1.00. The van der Waals surface area contributed by atoms with Gasteiger partial charge >= 0.3 is 0 Å². The van der Waals surface area contributed by atoms with Crippen LogP contribution in [0, 0.1) is 0 Å². The van der Waals surface area contributed by atoms with Crippen molar-refractivity contribution in [2.24, 2.45) is 0 Å². The maximum Gasteiger partial charge on any atom is 0.233 e. The minimum atomic E-state index is 0.00581. The number of rotatable bonds is 5. The zero-order valence-corrected chi connectivity index (χ0v) is 11.4. The summed E-state index contributed by atoms with van der Waals surface area (Å²) in [5, 5.41) is 3.77. The molecule has 0 unspecified atom stereocenters. The fraction of sp³-hybridized carbons (Fsp3) is 0.462. The van der Waals surface area contributed by atoms with Crippen LogP contribution in [-0.2, 0) is 10.5 Å². The van der Waals surface area contributed by atoms with Crippen molar-refractivity contribution in [2.75, 3.05) is 0 Å². The minimum absolute atomic E-state index is 0.00581. The SMILES string of the molecule is C[C@@H](SCc1ccc(Cl)cc1)C(=O)NC1CC1. The molecule has 1 atom stereocenters. The summed E-state index contributed by atoms with van der Waals surface area (Å²) in [4.78, 5) is 11.7. The van der Waals surface area contributed by atoms with E-state index in [9.17, 15) is 4.79 Å². The van der Waals surface area contributed by atoms with Crippen LogP contribution >= 0.6 is 23.4 Å². The van der Waals surface area contributed by atoms with Crippen LogP contribution in [0.1, 0.15) is 25.3 Å². The van der Waals surface area contributed by atoms with Gasteiger partial charge in [0.1, 0.15) is 0 Å². The fourth-order valence-corrected chi connectivity index (χ4v) is 2.40. The molecular formula is C13H16ClNOS. The molecule has 0 aromatic heterocycles. The van der Waals surface area contributed by atoms with Crippen molar-refractivity contribution in [3.8, 4) is 0 Å². The summed E-state index contributed by atoms with van der Waals surface area (Å²) in [7, 11) is 0. The minimum Gasteiger partial charge on any atom is -0.352 e. The summed E-state index contributed by atoms with van der Waals surface area (Å²) in [5.41, 5.74) is 1.20. The largest absolute Gasteiger partial charge is 0.352 e. The Balaban J connectivity index is 1.76. The van der Waals surface area contributed by atoms with E-state index < -0.39 is 0 Å². The average molecular weight is 270 g/mol. The highest BCUT2D eigenvalue weighted by molar-refractivity contribution is 7.99. The number of halogens is 1. The van der Waals surface area contributed by atoms with E-state index in [0.717, 1.165) is 23.6 Å². The van der Waals surface area contributed by atoms with E-state index in [1.54, 1.807) is 11.8 Å². The maximum atomic E-state index is 11.7. The molecule has 1 aliphatic rings. The first kappa shape index (κ1) is 12.8. The van der Waals surface area contributed by atoms with Crippen molar-refractivity contribution >= 4 is 29.3 Å². The van der Waals surface area contributed by atoms with Gasteiger partial charge in [-0.15, -0.1) is 11.8 Å². The lowest BCUT2D eigenvalue weighted by Crippen LogP contribution is -2.32. The lowest BCUT2D eigenvalue weighted by molar-refractivity contribution is -0.120. The summed E-state index contributed by atoms with van der Waals surface area (Å²) in [6.07, 6.45) is 2.28. The molecule has 0 bridgehead atoms. The summed E-state index contributed by atoms with van der Waals surface area (Å²) < 4.78 is 0. The van der Waals surface area contributed by atoms with Crippen molar-refractivity contribution in [3.63, 3.8) is 0 Å². The molecule has 2 nitrogen and oxygen atoms in total. The van der Waals surface area contributed by atoms with Crippen molar-refractivity contribution < 1.29 is 4.79 Å². The molecule has 1 fully saturated rings. The van der Waals surface area contributed by atoms with Gasteiger partial charge in [-0.2, -0.15) is 0 Å². The first-order chi connectivity index (χ1) is 8.15. The van der Waals surface area contributed by atoms with Gasteiger partial charge < -0.3 is 5.32 Å². The Hall–Kier alpha value is -0.670. The number of amides is 1. The zero-order chi connectivity index (χ0) is 12.3. The number of nitrogens with one attached hydrogen (secondary N) is 1. The van der Waals surface area contributed by atoms with Crippen LogP contribution in [-0.4, -0.2) is 17.2 Å². The highest BCUT2D eigenvalue weighted by Crippen LogP contribution is 2.22. The molecule has 92 valence electrons. The molecule has 0 radical (unpaired) electrons. The van der Waals surface area contributed by atoms with Gasteiger partial charge in [-0.1, -0.05) is 23.7 Å². The third-order valence-electron chi connectivity index (χ3n) is 2.71. The van der Waals surface area contributed by atoms with Crippen molar-refractivity contribution in [1.29, 1.82) is 0 Å². The third kappa shape index (κ3) is 4.25. The van der Waals surface area contributed by atoms with Crippen LogP contribution in [0.15, 0.2) is 24.3 Å². The zero-order valence-electron chi connectivity index (χ0n) is 9.78. The molecule has 2 rings (SSSR count). The number of carbonyl (C=O) groups is 1. The van der Waals surface area contributed by atoms with Crippen molar-refractivity contribution in [1.82, 2.24) is 5.32 Å². The monoisotopic (exact) mass is 269 g/mol. The van der Waals surface area contributed by atoms with E-state index in [0.29, 0.717) is 6.04 Å². The Morgan fingerprint density at radius 1 is 1.47 bits per heavy atom. The van der Waals surface area contributed by atoms with Gasteiger partial charge in [0.15, 0.2) is 0 Å². The Morgan fingerprint density at radius 3 is 2.71 bits per heavy atom. The summed E-state index contributed by atoms with van der Waals surface area (Å²) >= 11 is 7.48. The van der Waals surface area contributed by atoms with Crippen LogP contribution < -0.4 is 5.32 Å². The quantitative estimate of drug-likeness (QED) is 0.889. The molecule has 0 aliphatic heterocycles. The van der Waals surface area contributed by atoms with Crippen LogP contribution in [0.3, 0.4) is 0 Å². The molecule has 17 heavy (non-hydrogen) atoms. The molecule has 1 amide bonds. The highest BCUT2D eigenvalue weighted by atomic mass is 35.5. The van der Waals surface area contributed by atoms with Gasteiger partial charge in [0.05, 0.1) is 5.25 Å². The van der Waals surface area contributed by atoms with Crippen molar-refractivity contribution in [3.05, 3.63) is 34.9 Å². The van der Waals surface area contributed by atoms with Gasteiger partial charge in [0.25, 0.3) is 0 Å². The summed E-state index contributed by atoms with van der Waals surface area (Å²) in [6, 6.07) is 8.21. The highest BCUT2D eigenvalue weighted by Gasteiger charge is 2.25. The number of thioether (sulfide) groups is 1. The smallest absolute Gasteiger partial charge is 0.233 e. The number of carbonyl (C=O) groups excluding carboxylic acids is 1. The normalized spacial score (nSPS) is 16.6. The van der Waals surface area contributed by atoms with Gasteiger partial charge in [0, 0.05) is 16.8 Å². The number of hydrogen-bond donors (Lipinski definition) is 1. The van der Waals surface area contributed by atoms with Crippen LogP contribution in [0.5, 0.6) is 0 Å². The molecule has 0 spiro atoms. The van der Waals surface area contributed by atoms with E-state index in [4.69, 9.17) is 11.6 Å². The predicted molar refractivity (Wildman–Crippen MR) is 73.4 cm³/mol.